The minimum atomic E-state index is 0.802. The van der Waals surface area contributed by atoms with E-state index in [1.165, 1.54) is 131 Å². The summed E-state index contributed by atoms with van der Waals surface area (Å²) >= 11 is 3.76. The number of fused-ring (bicyclic) bond motifs is 12. The number of nitrogens with zero attached hydrogens (tertiary/aromatic N) is 5. The Bertz CT molecular complexity index is 7280. The van der Waals surface area contributed by atoms with E-state index in [0.29, 0.717) is 0 Å². The van der Waals surface area contributed by atoms with Crippen molar-refractivity contribution in [3.63, 3.8) is 0 Å². The highest BCUT2D eigenvalue weighted by Gasteiger charge is 2.24. The molecule has 6 nitrogen and oxygen atoms in total. The van der Waals surface area contributed by atoms with Crippen LogP contribution in [0, 0.1) is 0 Å². The fourth-order valence-corrected chi connectivity index (χ4v) is 16.6. The van der Waals surface area contributed by atoms with Gasteiger partial charge in [-0.25, -0.2) is 19.9 Å². The number of para-hydroxylation sites is 4. The zero-order valence-electron chi connectivity index (χ0n) is 60.2. The summed E-state index contributed by atoms with van der Waals surface area (Å²) < 4.78 is 1.09. The van der Waals surface area contributed by atoms with Gasteiger partial charge < -0.3 is 5.32 Å². The van der Waals surface area contributed by atoms with Crippen molar-refractivity contribution in [3.8, 4) is 44.5 Å². The number of anilines is 5. The fourth-order valence-electron chi connectivity index (χ4n) is 16.2. The second-order valence-electron chi connectivity index (χ2n) is 28.2. The highest BCUT2D eigenvalue weighted by molar-refractivity contribution is 9.10. The number of hydrogen-bond acceptors (Lipinski definition) is 6. The van der Waals surface area contributed by atoms with E-state index in [0.717, 1.165) is 77.0 Å². The van der Waals surface area contributed by atoms with E-state index in [2.05, 4.69) is 376 Å². The standard InChI is InChI=1S/C52H33N3.C34H21Br.C18H13N3/c1-3-15-38-31-40(23-21-34(38)11-1)51-43-17-7-8-18-44(43)52(41-24-22-35-12-2-4-16-39(35)32-41)46-33-42(27-28-45(46)51)55(49-29-25-36-13-5-9-19-47(36)53-49)50-30-26-37-14-6-10-20-48(37)54-50;35-28-17-18-31-32(21-28)34(27-16-14-23-8-2-4-10-25(23)20-27)30-12-6-5-11-29(30)33(31)26-15-13-22-7-1-3-9-24(22)19-26;1-3-7-15-13(5-1)9-11-17(19-15)21-18-12-10-14-6-2-4-8-16(14)20-18/h1-33H;1-21H;1-12H,(H,19,20,21). The topological polar surface area (TPSA) is 66.8 Å². The second kappa shape index (κ2) is 28.5. The van der Waals surface area contributed by atoms with Crippen LogP contribution in [-0.4, -0.2) is 19.9 Å². The lowest BCUT2D eigenvalue weighted by molar-refractivity contribution is 1.16. The lowest BCUT2D eigenvalue weighted by Crippen LogP contribution is -2.13. The van der Waals surface area contributed by atoms with Crippen LogP contribution in [0.3, 0.4) is 0 Å². The van der Waals surface area contributed by atoms with Crippen molar-refractivity contribution in [1.82, 2.24) is 19.9 Å². The van der Waals surface area contributed by atoms with Crippen molar-refractivity contribution in [3.05, 3.63) is 405 Å². The highest BCUT2D eigenvalue weighted by Crippen LogP contribution is 2.49. The van der Waals surface area contributed by atoms with Crippen LogP contribution in [0.1, 0.15) is 0 Å². The predicted octanol–water partition coefficient (Wildman–Crippen LogP) is 29.1. The van der Waals surface area contributed by atoms with E-state index in [4.69, 9.17) is 9.97 Å². The van der Waals surface area contributed by atoms with Gasteiger partial charge in [-0.05, 0) is 252 Å². The van der Waals surface area contributed by atoms with Crippen LogP contribution >= 0.6 is 15.9 Å². The van der Waals surface area contributed by atoms with E-state index < -0.39 is 0 Å². The first-order chi connectivity index (χ1) is 54.9. The Balaban J connectivity index is 0.000000122. The average molecular weight is 1480 g/mol. The second-order valence-corrected chi connectivity index (χ2v) is 29.1. The van der Waals surface area contributed by atoms with Crippen LogP contribution in [0.15, 0.2) is 405 Å². The van der Waals surface area contributed by atoms with E-state index in [1.54, 1.807) is 0 Å². The van der Waals surface area contributed by atoms with Crippen molar-refractivity contribution in [1.29, 1.82) is 0 Å². The lowest BCUT2D eigenvalue weighted by atomic mass is 9.85. The number of nitrogens with one attached hydrogen (secondary N) is 1. The summed E-state index contributed by atoms with van der Waals surface area (Å²) in [5.41, 5.74) is 14.7. The minimum absolute atomic E-state index is 0.802. The maximum absolute atomic E-state index is 5.23. The van der Waals surface area contributed by atoms with Gasteiger partial charge in [0, 0.05) is 31.7 Å². The first-order valence-corrected chi connectivity index (χ1v) is 38.3. The molecule has 4 heterocycles. The Morgan fingerprint density at radius 1 is 0.198 bits per heavy atom. The maximum atomic E-state index is 5.23. The first-order valence-electron chi connectivity index (χ1n) is 37.5. The quantitative estimate of drug-likeness (QED) is 0.145. The molecule has 0 radical (unpaired) electrons. The largest absolute Gasteiger partial charge is 0.325 e. The third-order valence-corrected chi connectivity index (χ3v) is 22.0. The molecule has 0 saturated heterocycles. The zero-order valence-corrected chi connectivity index (χ0v) is 61.8. The van der Waals surface area contributed by atoms with E-state index in [-0.39, 0.29) is 0 Å². The number of hydrogen-bond donors (Lipinski definition) is 1. The summed E-state index contributed by atoms with van der Waals surface area (Å²) in [6, 6.07) is 142. The summed E-state index contributed by atoms with van der Waals surface area (Å²) in [6.45, 7) is 0. The molecule has 520 valence electrons. The van der Waals surface area contributed by atoms with Crippen LogP contribution in [0.2, 0.25) is 0 Å². The molecule has 0 aliphatic rings. The highest BCUT2D eigenvalue weighted by atomic mass is 79.9. The molecule has 18 aromatic carbocycles. The number of aromatic nitrogens is 4. The van der Waals surface area contributed by atoms with E-state index in [9.17, 15) is 0 Å². The molecule has 0 amide bonds. The summed E-state index contributed by atoms with van der Waals surface area (Å²) in [4.78, 5) is 21.9. The molecule has 22 aromatic rings. The monoisotopic (exact) mass is 1480 g/mol. The van der Waals surface area contributed by atoms with Crippen LogP contribution in [0.5, 0.6) is 0 Å². The molecule has 0 unspecified atom stereocenters. The normalized spacial score (nSPS) is 11.5. The molecule has 111 heavy (non-hydrogen) atoms. The predicted molar refractivity (Wildman–Crippen MR) is 474 cm³/mol. The Labute approximate surface area is 649 Å². The molecular weight excluding hydrogens is 1410 g/mol. The molecular formula is C104H67BrN6. The van der Waals surface area contributed by atoms with Gasteiger partial charge in [-0.15, -0.1) is 0 Å². The summed E-state index contributed by atoms with van der Waals surface area (Å²) in [5, 5.41) is 27.6. The molecule has 4 aromatic heterocycles. The van der Waals surface area contributed by atoms with Crippen LogP contribution in [0.4, 0.5) is 29.0 Å². The summed E-state index contributed by atoms with van der Waals surface area (Å²) in [5.74, 6) is 3.22. The molecule has 1 N–H and O–H groups in total. The van der Waals surface area contributed by atoms with Crippen molar-refractivity contribution >= 4 is 175 Å². The van der Waals surface area contributed by atoms with Gasteiger partial charge >= 0.3 is 0 Å². The zero-order chi connectivity index (χ0) is 73.7. The molecule has 0 aliphatic heterocycles. The number of pyridine rings is 4. The lowest BCUT2D eigenvalue weighted by Gasteiger charge is -2.25. The summed E-state index contributed by atoms with van der Waals surface area (Å²) in [7, 11) is 0. The van der Waals surface area contributed by atoms with Crippen molar-refractivity contribution in [2.75, 3.05) is 10.2 Å². The maximum Gasteiger partial charge on any atom is 0.139 e. The van der Waals surface area contributed by atoms with Gasteiger partial charge in [0.25, 0.3) is 0 Å². The van der Waals surface area contributed by atoms with E-state index in [1.807, 2.05) is 60.7 Å². The van der Waals surface area contributed by atoms with Gasteiger partial charge in [0.05, 0.1) is 22.1 Å². The number of halogens is 1. The Morgan fingerprint density at radius 3 is 0.838 bits per heavy atom. The molecule has 22 rings (SSSR count). The van der Waals surface area contributed by atoms with Crippen molar-refractivity contribution < 1.29 is 0 Å². The van der Waals surface area contributed by atoms with Crippen LogP contribution in [-0.2, 0) is 0 Å². The molecule has 7 heteroatoms. The molecule has 0 atom stereocenters. The average Bonchev–Trinajstić information content (AvgIpc) is 0.743. The third kappa shape index (κ3) is 12.7. The van der Waals surface area contributed by atoms with Gasteiger partial charge in [-0.1, -0.05) is 295 Å². The Hall–Kier alpha value is -14.2. The smallest absolute Gasteiger partial charge is 0.139 e. The molecule has 0 saturated carbocycles. The van der Waals surface area contributed by atoms with Gasteiger partial charge in [-0.2, -0.15) is 0 Å². The van der Waals surface area contributed by atoms with Crippen LogP contribution < -0.4 is 10.2 Å². The summed E-state index contributed by atoms with van der Waals surface area (Å²) in [6.07, 6.45) is 0. The molecule has 0 spiro atoms. The molecule has 0 bridgehead atoms. The van der Waals surface area contributed by atoms with Crippen molar-refractivity contribution in [2.45, 2.75) is 0 Å². The molecule has 0 fully saturated rings. The molecule has 0 aliphatic carbocycles. The van der Waals surface area contributed by atoms with Gasteiger partial charge in [0.15, 0.2) is 0 Å². The van der Waals surface area contributed by atoms with Crippen LogP contribution in [0.25, 0.3) is 174 Å². The van der Waals surface area contributed by atoms with Gasteiger partial charge in [0.1, 0.15) is 23.3 Å². The SMILES string of the molecule is Brc1ccc2c(-c3ccc4ccccc4c3)c3ccccc3c(-c3ccc4ccccc4c3)c2c1.c1ccc2cc(-c3c4ccccc4c(-c4ccc5ccccc5c4)c4cc(N(c5ccc6ccccc6n5)c5ccc6ccccc6n5)ccc34)ccc2c1.c1ccc2nc(Nc3ccc4ccccc4n3)ccc2c1. The van der Waals surface area contributed by atoms with E-state index >= 15 is 0 Å². The van der Waals surface area contributed by atoms with Gasteiger partial charge in [-0.3, -0.25) is 4.90 Å². The number of benzene rings is 18. The third-order valence-electron chi connectivity index (χ3n) is 21.5. The fraction of sp³-hybridized carbons (Fsp3) is 0. The Morgan fingerprint density at radius 2 is 0.468 bits per heavy atom. The Kier molecular flexibility index (Phi) is 17.0. The number of rotatable bonds is 9. The van der Waals surface area contributed by atoms with Gasteiger partial charge in [0.2, 0.25) is 0 Å². The van der Waals surface area contributed by atoms with Crippen molar-refractivity contribution in [2.24, 2.45) is 0 Å². The first kappa shape index (κ1) is 66.2. The minimum Gasteiger partial charge on any atom is -0.325 e.